The van der Waals surface area contributed by atoms with Gasteiger partial charge in [0.2, 0.25) is 5.88 Å². The molecule has 1 N–H and O–H groups in total. The van der Waals surface area contributed by atoms with Gasteiger partial charge in [0.25, 0.3) is 0 Å². The van der Waals surface area contributed by atoms with E-state index < -0.39 is 0 Å². The van der Waals surface area contributed by atoms with Gasteiger partial charge in [-0.2, -0.15) is 4.98 Å². The van der Waals surface area contributed by atoms with Gasteiger partial charge < -0.3 is 14.8 Å². The highest BCUT2D eigenvalue weighted by Crippen LogP contribution is 2.21. The lowest BCUT2D eigenvalue weighted by Gasteiger charge is -2.28. The normalized spacial score (nSPS) is 18.3. The van der Waals surface area contributed by atoms with Gasteiger partial charge in [-0.3, -0.25) is 0 Å². The first-order valence-corrected chi connectivity index (χ1v) is 6.73. The average molecular weight is 250 g/mol. The van der Waals surface area contributed by atoms with Gasteiger partial charge in [0, 0.05) is 25.3 Å². The summed E-state index contributed by atoms with van der Waals surface area (Å²) in [4.78, 5) is 4.43. The predicted molar refractivity (Wildman–Crippen MR) is 72.0 cm³/mol. The number of anilines is 1. The number of hydrogen-bond acceptors (Lipinski definition) is 4. The Morgan fingerprint density at radius 1 is 1.44 bits per heavy atom. The molecule has 1 fully saturated rings. The Morgan fingerprint density at radius 2 is 2.22 bits per heavy atom. The molecule has 1 saturated heterocycles. The number of pyridine rings is 1. The van der Waals surface area contributed by atoms with Crippen LogP contribution in [0.2, 0.25) is 0 Å². The lowest BCUT2D eigenvalue weighted by Crippen LogP contribution is -2.31. The monoisotopic (exact) mass is 250 g/mol. The van der Waals surface area contributed by atoms with E-state index in [0.29, 0.717) is 24.4 Å². The third kappa shape index (κ3) is 3.60. The van der Waals surface area contributed by atoms with Gasteiger partial charge in [0.15, 0.2) is 0 Å². The number of nitrogens with zero attached hydrogens (tertiary/aromatic N) is 1. The summed E-state index contributed by atoms with van der Waals surface area (Å²) >= 11 is 0. The highest BCUT2D eigenvalue weighted by Gasteiger charge is 2.20. The SMILES string of the molecule is CCOc1cccc(NC(C)C2CCOCC2)n1. The van der Waals surface area contributed by atoms with Crippen LogP contribution in [0.5, 0.6) is 5.88 Å². The van der Waals surface area contributed by atoms with Gasteiger partial charge in [0.05, 0.1) is 6.61 Å². The molecule has 0 aliphatic carbocycles. The molecule has 2 heterocycles. The van der Waals surface area contributed by atoms with Gasteiger partial charge in [0.1, 0.15) is 5.82 Å². The summed E-state index contributed by atoms with van der Waals surface area (Å²) in [6, 6.07) is 6.25. The van der Waals surface area contributed by atoms with Crippen molar-refractivity contribution in [3.05, 3.63) is 18.2 Å². The molecule has 1 aliphatic rings. The zero-order chi connectivity index (χ0) is 12.8. The number of rotatable bonds is 5. The molecule has 0 saturated carbocycles. The lowest BCUT2D eigenvalue weighted by atomic mass is 9.93. The lowest BCUT2D eigenvalue weighted by molar-refractivity contribution is 0.0622. The summed E-state index contributed by atoms with van der Waals surface area (Å²) in [5.74, 6) is 2.23. The minimum Gasteiger partial charge on any atom is -0.478 e. The zero-order valence-corrected chi connectivity index (χ0v) is 11.2. The van der Waals surface area contributed by atoms with Gasteiger partial charge >= 0.3 is 0 Å². The molecule has 0 bridgehead atoms. The van der Waals surface area contributed by atoms with Crippen LogP contribution in [0.25, 0.3) is 0 Å². The second-order valence-electron chi connectivity index (χ2n) is 4.68. The molecule has 1 aliphatic heterocycles. The minimum absolute atomic E-state index is 0.415. The molecule has 4 nitrogen and oxygen atoms in total. The molecule has 1 atom stereocenters. The Labute approximate surface area is 109 Å². The summed E-state index contributed by atoms with van der Waals surface area (Å²) in [5.41, 5.74) is 0. The van der Waals surface area contributed by atoms with Crippen LogP contribution in [0, 0.1) is 5.92 Å². The Kier molecular flexibility index (Phi) is 4.81. The summed E-state index contributed by atoms with van der Waals surface area (Å²) in [7, 11) is 0. The highest BCUT2D eigenvalue weighted by molar-refractivity contribution is 5.38. The van der Waals surface area contributed by atoms with Gasteiger partial charge in [-0.15, -0.1) is 0 Å². The van der Waals surface area contributed by atoms with Crippen molar-refractivity contribution in [2.75, 3.05) is 25.1 Å². The molecule has 2 rings (SSSR count). The first-order chi connectivity index (χ1) is 8.79. The largest absolute Gasteiger partial charge is 0.478 e. The molecule has 0 radical (unpaired) electrons. The van der Waals surface area contributed by atoms with E-state index in [1.165, 1.54) is 0 Å². The van der Waals surface area contributed by atoms with Crippen LogP contribution in [-0.4, -0.2) is 30.8 Å². The molecule has 1 aromatic rings. The predicted octanol–water partition coefficient (Wildman–Crippen LogP) is 2.71. The van der Waals surface area contributed by atoms with Crippen LogP contribution < -0.4 is 10.1 Å². The van der Waals surface area contributed by atoms with Crippen molar-refractivity contribution >= 4 is 5.82 Å². The van der Waals surface area contributed by atoms with E-state index in [1.807, 2.05) is 25.1 Å². The fraction of sp³-hybridized carbons (Fsp3) is 0.643. The van der Waals surface area contributed by atoms with E-state index in [9.17, 15) is 0 Å². The van der Waals surface area contributed by atoms with E-state index in [0.717, 1.165) is 31.9 Å². The van der Waals surface area contributed by atoms with Gasteiger partial charge in [-0.25, -0.2) is 0 Å². The fourth-order valence-electron chi connectivity index (χ4n) is 2.29. The molecule has 0 aromatic carbocycles. The first-order valence-electron chi connectivity index (χ1n) is 6.73. The molecule has 0 amide bonds. The van der Waals surface area contributed by atoms with Crippen LogP contribution in [0.4, 0.5) is 5.82 Å². The van der Waals surface area contributed by atoms with E-state index in [2.05, 4.69) is 17.2 Å². The van der Waals surface area contributed by atoms with Crippen molar-refractivity contribution in [1.29, 1.82) is 0 Å². The quantitative estimate of drug-likeness (QED) is 0.872. The summed E-state index contributed by atoms with van der Waals surface area (Å²) in [6.07, 6.45) is 2.25. The second kappa shape index (κ2) is 6.59. The molecular formula is C14H22N2O2. The van der Waals surface area contributed by atoms with Crippen LogP contribution in [-0.2, 0) is 4.74 Å². The smallest absolute Gasteiger partial charge is 0.215 e. The number of nitrogens with one attached hydrogen (secondary N) is 1. The summed E-state index contributed by atoms with van der Waals surface area (Å²) in [6.45, 7) is 6.58. The third-order valence-corrected chi connectivity index (χ3v) is 3.36. The third-order valence-electron chi connectivity index (χ3n) is 3.36. The second-order valence-corrected chi connectivity index (χ2v) is 4.68. The Hall–Kier alpha value is -1.29. The van der Waals surface area contributed by atoms with Crippen molar-refractivity contribution in [3.63, 3.8) is 0 Å². The zero-order valence-electron chi connectivity index (χ0n) is 11.2. The van der Waals surface area contributed by atoms with Crippen molar-refractivity contribution in [3.8, 4) is 5.88 Å². The number of hydrogen-bond donors (Lipinski definition) is 1. The van der Waals surface area contributed by atoms with Gasteiger partial charge in [-0.05, 0) is 38.7 Å². The minimum atomic E-state index is 0.415. The topological polar surface area (TPSA) is 43.4 Å². The first kappa shape index (κ1) is 13.1. The Morgan fingerprint density at radius 3 is 2.94 bits per heavy atom. The maximum atomic E-state index is 5.40. The summed E-state index contributed by atoms with van der Waals surface area (Å²) in [5, 5.41) is 3.46. The number of ether oxygens (including phenoxy) is 2. The molecule has 1 unspecified atom stereocenters. The molecular weight excluding hydrogens is 228 g/mol. The standard InChI is InChI=1S/C14H22N2O2/c1-3-18-14-6-4-5-13(16-14)15-11(2)12-7-9-17-10-8-12/h4-6,11-12H,3,7-10H2,1-2H3,(H,15,16). The summed E-state index contributed by atoms with van der Waals surface area (Å²) < 4.78 is 10.8. The molecule has 4 heteroatoms. The molecule has 100 valence electrons. The maximum absolute atomic E-state index is 5.40. The number of aromatic nitrogens is 1. The van der Waals surface area contributed by atoms with E-state index in [1.54, 1.807) is 0 Å². The van der Waals surface area contributed by atoms with E-state index in [4.69, 9.17) is 9.47 Å². The fourth-order valence-corrected chi connectivity index (χ4v) is 2.29. The molecule has 0 spiro atoms. The van der Waals surface area contributed by atoms with Gasteiger partial charge in [-0.1, -0.05) is 6.07 Å². The van der Waals surface area contributed by atoms with Crippen molar-refractivity contribution in [2.24, 2.45) is 5.92 Å². The average Bonchev–Trinajstić information content (AvgIpc) is 2.40. The maximum Gasteiger partial charge on any atom is 0.215 e. The van der Waals surface area contributed by atoms with E-state index >= 15 is 0 Å². The van der Waals surface area contributed by atoms with Crippen LogP contribution in [0.1, 0.15) is 26.7 Å². The van der Waals surface area contributed by atoms with Crippen molar-refractivity contribution in [1.82, 2.24) is 4.98 Å². The highest BCUT2D eigenvalue weighted by atomic mass is 16.5. The van der Waals surface area contributed by atoms with Crippen LogP contribution >= 0.6 is 0 Å². The Bertz CT molecular complexity index is 365. The van der Waals surface area contributed by atoms with Crippen molar-refractivity contribution in [2.45, 2.75) is 32.7 Å². The van der Waals surface area contributed by atoms with E-state index in [-0.39, 0.29) is 0 Å². The van der Waals surface area contributed by atoms with Crippen molar-refractivity contribution < 1.29 is 9.47 Å². The molecule has 1 aromatic heterocycles. The van der Waals surface area contributed by atoms with Crippen LogP contribution in [0.3, 0.4) is 0 Å². The molecule has 18 heavy (non-hydrogen) atoms. The van der Waals surface area contributed by atoms with Crippen LogP contribution in [0.15, 0.2) is 18.2 Å². The Balaban J connectivity index is 1.93.